The molecule has 0 rings (SSSR count). The van der Waals surface area contributed by atoms with Crippen LogP contribution in [0.1, 0.15) is 47.5 Å². The Hall–Kier alpha value is -1.13. The van der Waals surface area contributed by atoms with Gasteiger partial charge in [-0.2, -0.15) is 0 Å². The molecule has 4 heteroatoms. The van der Waals surface area contributed by atoms with E-state index in [1.54, 1.807) is 6.08 Å². The van der Waals surface area contributed by atoms with Gasteiger partial charge in [-0.1, -0.05) is 44.6 Å². The summed E-state index contributed by atoms with van der Waals surface area (Å²) in [5.74, 6) is -0.303. The summed E-state index contributed by atoms with van der Waals surface area (Å²) in [6, 6.07) is 0. The van der Waals surface area contributed by atoms with Gasteiger partial charge < -0.3 is 9.16 Å². The minimum absolute atomic E-state index is 0.263. The lowest BCUT2D eigenvalue weighted by molar-refractivity contribution is -0.135. The van der Waals surface area contributed by atoms with Crippen molar-refractivity contribution >= 4 is 14.3 Å². The Morgan fingerprint density at radius 3 is 2.30 bits per heavy atom. The zero-order chi connectivity index (χ0) is 18.1. The fourth-order valence-electron chi connectivity index (χ4n) is 1.69. The van der Waals surface area contributed by atoms with Gasteiger partial charge in [0.2, 0.25) is 0 Å². The number of unbranched alkanes of at least 4 members (excludes halogenated alkanes) is 1. The van der Waals surface area contributed by atoms with Crippen LogP contribution < -0.4 is 0 Å². The van der Waals surface area contributed by atoms with E-state index < -0.39 is 8.32 Å². The molecule has 0 fully saturated rings. The monoisotopic (exact) mass is 338 g/mol. The molecular formula is C19H34O3Si. The number of esters is 1. The minimum atomic E-state index is -1.62. The summed E-state index contributed by atoms with van der Waals surface area (Å²) >= 11 is 0. The Labute approximate surface area is 143 Å². The van der Waals surface area contributed by atoms with Crippen LogP contribution in [0, 0.1) is 0 Å². The minimum Gasteiger partial charge on any atom is -0.465 e. The van der Waals surface area contributed by atoms with Gasteiger partial charge in [0.25, 0.3) is 0 Å². The molecule has 0 aliphatic rings. The third-order valence-electron chi connectivity index (χ3n) is 4.28. The SMILES string of the molecule is C\C=C(/C=C(C)/C=C/CCCO[Si](C)(C)C(C)(C)C)C(=O)OC. The zero-order valence-corrected chi connectivity index (χ0v) is 17.2. The lowest BCUT2D eigenvalue weighted by atomic mass is 10.1. The summed E-state index contributed by atoms with van der Waals surface area (Å²) in [4.78, 5) is 11.5. The second-order valence-electron chi connectivity index (χ2n) is 7.28. The maximum absolute atomic E-state index is 11.5. The Bertz CT molecular complexity index is 465. The molecule has 0 saturated heterocycles. The van der Waals surface area contributed by atoms with Crippen LogP contribution in [-0.4, -0.2) is 28.0 Å². The van der Waals surface area contributed by atoms with Gasteiger partial charge in [-0.15, -0.1) is 0 Å². The first-order valence-corrected chi connectivity index (χ1v) is 11.2. The number of hydrogen-bond acceptors (Lipinski definition) is 3. The van der Waals surface area contributed by atoms with Gasteiger partial charge >= 0.3 is 5.97 Å². The van der Waals surface area contributed by atoms with Crippen molar-refractivity contribution in [2.75, 3.05) is 13.7 Å². The predicted octanol–water partition coefficient (Wildman–Crippen LogP) is 5.41. The van der Waals surface area contributed by atoms with Gasteiger partial charge in [-0.3, -0.25) is 0 Å². The van der Waals surface area contributed by atoms with E-state index in [4.69, 9.17) is 9.16 Å². The van der Waals surface area contributed by atoms with Crippen molar-refractivity contribution in [3.8, 4) is 0 Å². The molecule has 0 atom stereocenters. The highest BCUT2D eigenvalue weighted by molar-refractivity contribution is 6.74. The van der Waals surface area contributed by atoms with Crippen LogP contribution in [-0.2, 0) is 14.0 Å². The van der Waals surface area contributed by atoms with Crippen molar-refractivity contribution in [2.45, 2.75) is 65.6 Å². The Balaban J connectivity index is 4.29. The Morgan fingerprint density at radius 2 is 1.83 bits per heavy atom. The van der Waals surface area contributed by atoms with Crippen molar-refractivity contribution in [2.24, 2.45) is 0 Å². The van der Waals surface area contributed by atoms with Crippen LogP contribution in [0.15, 0.2) is 35.5 Å². The summed E-state index contributed by atoms with van der Waals surface area (Å²) in [5, 5.41) is 0.263. The van der Waals surface area contributed by atoms with E-state index in [-0.39, 0.29) is 11.0 Å². The van der Waals surface area contributed by atoms with Crippen LogP contribution in [0.4, 0.5) is 0 Å². The van der Waals surface area contributed by atoms with Crippen molar-refractivity contribution in [3.63, 3.8) is 0 Å². The van der Waals surface area contributed by atoms with E-state index in [1.807, 2.05) is 26.0 Å². The number of rotatable bonds is 8. The first kappa shape index (κ1) is 21.9. The van der Waals surface area contributed by atoms with Gasteiger partial charge in [-0.05, 0) is 50.9 Å². The molecule has 0 spiro atoms. The largest absolute Gasteiger partial charge is 0.465 e. The van der Waals surface area contributed by atoms with Crippen LogP contribution >= 0.6 is 0 Å². The maximum Gasteiger partial charge on any atom is 0.337 e. The number of allylic oxidation sites excluding steroid dienone is 4. The van der Waals surface area contributed by atoms with E-state index in [2.05, 4.69) is 39.9 Å². The highest BCUT2D eigenvalue weighted by atomic mass is 28.4. The lowest BCUT2D eigenvalue weighted by Gasteiger charge is -2.36. The molecule has 0 N–H and O–H groups in total. The van der Waals surface area contributed by atoms with E-state index >= 15 is 0 Å². The molecule has 0 saturated carbocycles. The molecule has 0 aromatic rings. The first-order valence-electron chi connectivity index (χ1n) is 8.28. The average molecular weight is 339 g/mol. The van der Waals surface area contributed by atoms with Gasteiger partial charge in [0.1, 0.15) is 0 Å². The summed E-state index contributed by atoms with van der Waals surface area (Å²) in [6.07, 6.45) is 9.77. The molecular weight excluding hydrogens is 304 g/mol. The third kappa shape index (κ3) is 8.33. The molecule has 0 aliphatic heterocycles. The Morgan fingerprint density at radius 1 is 1.22 bits per heavy atom. The fourth-order valence-corrected chi connectivity index (χ4v) is 2.77. The average Bonchev–Trinajstić information content (AvgIpc) is 2.46. The van der Waals surface area contributed by atoms with Crippen LogP contribution in [0.5, 0.6) is 0 Å². The van der Waals surface area contributed by atoms with Gasteiger partial charge in [-0.25, -0.2) is 4.79 Å². The van der Waals surface area contributed by atoms with Gasteiger partial charge in [0.05, 0.1) is 12.7 Å². The van der Waals surface area contributed by atoms with E-state index in [1.165, 1.54) is 7.11 Å². The Kier molecular flexibility index (Phi) is 9.40. The molecule has 0 heterocycles. The molecule has 0 radical (unpaired) electrons. The maximum atomic E-state index is 11.5. The number of carbonyl (C=O) groups excluding carboxylic acids is 1. The van der Waals surface area contributed by atoms with Crippen LogP contribution in [0.3, 0.4) is 0 Å². The molecule has 0 aromatic carbocycles. The number of hydrogen-bond donors (Lipinski definition) is 0. The standard InChI is InChI=1S/C19H34O3Si/c1-9-17(18(20)21-6)15-16(2)13-11-10-12-14-22-23(7,8)19(3,4)5/h9,11,13,15H,10,12,14H2,1-8H3/b13-11+,16-15+,17-9+. The van der Waals surface area contributed by atoms with Crippen LogP contribution in [0.2, 0.25) is 18.1 Å². The van der Waals surface area contributed by atoms with Crippen molar-refractivity contribution in [1.82, 2.24) is 0 Å². The summed E-state index contributed by atoms with van der Waals surface area (Å²) in [6.45, 7) is 16.0. The lowest BCUT2D eigenvalue weighted by Crippen LogP contribution is -2.40. The molecule has 132 valence electrons. The topological polar surface area (TPSA) is 35.5 Å². The van der Waals surface area contributed by atoms with Crippen LogP contribution in [0.25, 0.3) is 0 Å². The van der Waals surface area contributed by atoms with Crippen molar-refractivity contribution in [3.05, 3.63) is 35.5 Å². The zero-order valence-electron chi connectivity index (χ0n) is 16.2. The van der Waals surface area contributed by atoms with E-state index in [0.717, 1.165) is 25.0 Å². The molecule has 0 aliphatic carbocycles. The molecule has 0 amide bonds. The second-order valence-corrected chi connectivity index (χ2v) is 12.1. The number of carbonyl (C=O) groups is 1. The van der Waals surface area contributed by atoms with E-state index in [0.29, 0.717) is 5.57 Å². The van der Waals surface area contributed by atoms with Gasteiger partial charge in [0, 0.05) is 6.61 Å². The fraction of sp³-hybridized carbons (Fsp3) is 0.632. The summed E-state index contributed by atoms with van der Waals surface area (Å²) in [5.41, 5.74) is 1.62. The molecule has 23 heavy (non-hydrogen) atoms. The number of methoxy groups -OCH3 is 1. The van der Waals surface area contributed by atoms with Crippen molar-refractivity contribution in [1.29, 1.82) is 0 Å². The van der Waals surface area contributed by atoms with E-state index in [9.17, 15) is 4.79 Å². The normalized spacial score (nSPS) is 14.4. The molecule has 0 unspecified atom stereocenters. The third-order valence-corrected chi connectivity index (χ3v) is 8.82. The molecule has 3 nitrogen and oxygen atoms in total. The smallest absolute Gasteiger partial charge is 0.337 e. The molecule has 0 bridgehead atoms. The second kappa shape index (κ2) is 9.88. The summed E-state index contributed by atoms with van der Waals surface area (Å²) < 4.78 is 10.9. The highest BCUT2D eigenvalue weighted by Gasteiger charge is 2.36. The highest BCUT2D eigenvalue weighted by Crippen LogP contribution is 2.36. The quantitative estimate of drug-likeness (QED) is 0.195. The predicted molar refractivity (Wildman–Crippen MR) is 101 cm³/mol. The molecule has 0 aromatic heterocycles. The summed E-state index contributed by atoms with van der Waals surface area (Å²) in [7, 11) is -0.229. The van der Waals surface area contributed by atoms with Gasteiger partial charge in [0.15, 0.2) is 8.32 Å². The number of ether oxygens (including phenoxy) is 1. The van der Waals surface area contributed by atoms with Crippen molar-refractivity contribution < 1.29 is 14.0 Å². The first-order chi connectivity index (χ1) is 10.5.